The van der Waals surface area contributed by atoms with Gasteiger partial charge in [0.2, 0.25) is 5.91 Å². The van der Waals surface area contributed by atoms with E-state index in [9.17, 15) is 9.59 Å². The van der Waals surface area contributed by atoms with Gasteiger partial charge in [0, 0.05) is 32.2 Å². The third-order valence-corrected chi connectivity index (χ3v) is 2.85. The number of unbranched alkanes of at least 4 members (excludes halogenated alkanes) is 1. The normalized spacial score (nSPS) is 10.7. The van der Waals surface area contributed by atoms with Crippen molar-refractivity contribution in [1.29, 1.82) is 0 Å². The number of methoxy groups -OCH3 is 1. The molecule has 0 saturated carbocycles. The summed E-state index contributed by atoms with van der Waals surface area (Å²) in [7, 11) is 3.20. The van der Waals surface area contributed by atoms with Crippen molar-refractivity contribution < 1.29 is 9.53 Å². The number of ether oxygens (including phenoxy) is 1. The summed E-state index contributed by atoms with van der Waals surface area (Å²) in [6, 6.07) is 1.34. The Bertz CT molecular complexity index is 532. The number of aryl methyl sites for hydroxylation is 1. The van der Waals surface area contributed by atoms with E-state index in [0.717, 1.165) is 11.3 Å². The van der Waals surface area contributed by atoms with Crippen LogP contribution in [-0.2, 0) is 16.6 Å². The number of rotatable bonds is 4. The molecule has 0 aliphatic rings. The van der Waals surface area contributed by atoms with E-state index in [1.54, 1.807) is 27.9 Å². The maximum atomic E-state index is 11.7. The van der Waals surface area contributed by atoms with Gasteiger partial charge in [0.15, 0.2) is 5.15 Å². The molecule has 0 atom stereocenters. The molecule has 1 rings (SSSR count). The Kier molecular flexibility index (Phi) is 8.97. The molecule has 1 heterocycles. The number of hydrogen-bond acceptors (Lipinski definition) is 4. The summed E-state index contributed by atoms with van der Waals surface area (Å²) < 4.78 is 5.87. The van der Waals surface area contributed by atoms with E-state index in [-0.39, 0.29) is 22.3 Å². The van der Waals surface area contributed by atoms with Gasteiger partial charge in [0.25, 0.3) is 5.56 Å². The fourth-order valence-corrected chi connectivity index (χ4v) is 1.48. The van der Waals surface area contributed by atoms with Crippen LogP contribution in [0.3, 0.4) is 0 Å². The topological polar surface area (TPSA) is 73.2 Å². The molecule has 7 heteroatoms. The minimum Gasteiger partial charge on any atom is -0.385 e. The second-order valence-electron chi connectivity index (χ2n) is 5.86. The molecule has 1 N–H and O–H groups in total. The SMILES string of the molecule is CCCCOC.Cn1nc(Cl)cc(NC(=O)C(C)(C)C)c1=O. The van der Waals surface area contributed by atoms with Gasteiger partial charge in [-0.25, -0.2) is 4.68 Å². The molecule has 1 amide bonds. The molecule has 6 nitrogen and oxygen atoms in total. The quantitative estimate of drug-likeness (QED) is 0.861. The van der Waals surface area contributed by atoms with Crippen LogP contribution in [0.25, 0.3) is 0 Å². The highest BCUT2D eigenvalue weighted by Crippen LogP contribution is 2.16. The number of amides is 1. The average molecular weight is 332 g/mol. The number of nitrogens with one attached hydrogen (secondary N) is 1. The summed E-state index contributed by atoms with van der Waals surface area (Å²) >= 11 is 5.70. The van der Waals surface area contributed by atoms with Crippen LogP contribution in [0.4, 0.5) is 5.69 Å². The van der Waals surface area contributed by atoms with Crippen LogP contribution in [0.2, 0.25) is 5.15 Å². The molecule has 0 fully saturated rings. The maximum Gasteiger partial charge on any atom is 0.290 e. The van der Waals surface area contributed by atoms with E-state index in [1.807, 2.05) is 0 Å². The Morgan fingerprint density at radius 2 is 2.05 bits per heavy atom. The molecule has 0 unspecified atom stereocenters. The highest BCUT2D eigenvalue weighted by Gasteiger charge is 2.22. The van der Waals surface area contributed by atoms with Crippen molar-refractivity contribution in [3.8, 4) is 0 Å². The van der Waals surface area contributed by atoms with Gasteiger partial charge < -0.3 is 10.1 Å². The second kappa shape index (κ2) is 9.58. The Hall–Kier alpha value is -1.40. The molecule has 0 aliphatic heterocycles. The van der Waals surface area contributed by atoms with Crippen LogP contribution >= 0.6 is 11.6 Å². The van der Waals surface area contributed by atoms with E-state index < -0.39 is 5.41 Å². The van der Waals surface area contributed by atoms with Gasteiger partial charge in [-0.1, -0.05) is 45.7 Å². The fraction of sp³-hybridized carbons (Fsp3) is 0.667. The van der Waals surface area contributed by atoms with Crippen LogP contribution < -0.4 is 10.9 Å². The van der Waals surface area contributed by atoms with Crippen LogP contribution in [0.5, 0.6) is 0 Å². The van der Waals surface area contributed by atoms with Crippen molar-refractivity contribution in [2.45, 2.75) is 40.5 Å². The molecule has 126 valence electrons. The maximum absolute atomic E-state index is 11.7. The molecule has 0 aromatic carbocycles. The van der Waals surface area contributed by atoms with Crippen molar-refractivity contribution >= 4 is 23.2 Å². The molecular formula is C15H26ClN3O3. The first-order valence-electron chi connectivity index (χ1n) is 7.17. The standard InChI is InChI=1S/C10H14ClN3O2.C5H12O/c1-10(2,3)9(16)12-6-5-7(11)13-14(4)8(6)15;1-3-4-5-6-2/h5H,1-4H3,(H,12,16);3-5H2,1-2H3. The summed E-state index contributed by atoms with van der Waals surface area (Å²) in [6.07, 6.45) is 2.42. The number of nitrogens with zero attached hydrogens (tertiary/aromatic N) is 2. The lowest BCUT2D eigenvalue weighted by Crippen LogP contribution is -2.32. The van der Waals surface area contributed by atoms with Crippen molar-refractivity contribution in [2.75, 3.05) is 19.0 Å². The predicted molar refractivity (Wildman–Crippen MR) is 89.4 cm³/mol. The Labute approximate surface area is 136 Å². The van der Waals surface area contributed by atoms with Crippen molar-refractivity contribution in [2.24, 2.45) is 12.5 Å². The van der Waals surface area contributed by atoms with E-state index in [2.05, 4.69) is 17.3 Å². The van der Waals surface area contributed by atoms with Gasteiger partial charge >= 0.3 is 0 Å². The largest absolute Gasteiger partial charge is 0.385 e. The van der Waals surface area contributed by atoms with Crippen LogP contribution in [0.1, 0.15) is 40.5 Å². The van der Waals surface area contributed by atoms with E-state index >= 15 is 0 Å². The summed E-state index contributed by atoms with van der Waals surface area (Å²) in [4.78, 5) is 23.3. The first kappa shape index (κ1) is 20.6. The Morgan fingerprint density at radius 3 is 2.45 bits per heavy atom. The van der Waals surface area contributed by atoms with E-state index in [1.165, 1.54) is 26.0 Å². The third-order valence-electron chi connectivity index (χ3n) is 2.66. The predicted octanol–water partition coefficient (Wildman–Crippen LogP) is 2.85. The lowest BCUT2D eigenvalue weighted by Gasteiger charge is -2.17. The smallest absolute Gasteiger partial charge is 0.290 e. The Morgan fingerprint density at radius 1 is 1.45 bits per heavy atom. The minimum atomic E-state index is -0.569. The van der Waals surface area contributed by atoms with Crippen LogP contribution in [0.15, 0.2) is 10.9 Å². The second-order valence-corrected chi connectivity index (χ2v) is 6.25. The lowest BCUT2D eigenvalue weighted by molar-refractivity contribution is -0.123. The number of hydrogen-bond donors (Lipinski definition) is 1. The molecule has 0 aliphatic carbocycles. The minimum absolute atomic E-state index is 0.141. The molecule has 0 bridgehead atoms. The summed E-state index contributed by atoms with van der Waals surface area (Å²) in [5.74, 6) is -0.244. The number of aromatic nitrogens is 2. The summed E-state index contributed by atoms with van der Waals surface area (Å²) in [6.45, 7) is 8.34. The monoisotopic (exact) mass is 331 g/mol. The van der Waals surface area contributed by atoms with Crippen molar-refractivity contribution in [3.63, 3.8) is 0 Å². The number of halogens is 1. The molecule has 0 saturated heterocycles. The zero-order chi connectivity index (χ0) is 17.3. The number of anilines is 1. The van der Waals surface area contributed by atoms with Crippen LogP contribution in [0, 0.1) is 5.41 Å². The zero-order valence-corrected chi connectivity index (χ0v) is 15.0. The molecule has 1 aromatic rings. The highest BCUT2D eigenvalue weighted by atomic mass is 35.5. The fourth-order valence-electron chi connectivity index (χ4n) is 1.26. The molecule has 0 spiro atoms. The van der Waals surface area contributed by atoms with Crippen LogP contribution in [-0.4, -0.2) is 29.4 Å². The van der Waals surface area contributed by atoms with Gasteiger partial charge in [-0.2, -0.15) is 5.10 Å². The lowest BCUT2D eigenvalue weighted by atomic mass is 9.96. The molecular weight excluding hydrogens is 306 g/mol. The first-order valence-corrected chi connectivity index (χ1v) is 7.55. The van der Waals surface area contributed by atoms with Gasteiger partial charge in [-0.3, -0.25) is 9.59 Å². The number of carbonyl (C=O) groups is 1. The molecule has 1 aromatic heterocycles. The summed E-state index contributed by atoms with van der Waals surface area (Å²) in [5.41, 5.74) is -0.815. The van der Waals surface area contributed by atoms with Crippen molar-refractivity contribution in [1.82, 2.24) is 9.78 Å². The number of carbonyl (C=O) groups excluding carboxylic acids is 1. The van der Waals surface area contributed by atoms with Gasteiger partial charge in [-0.05, 0) is 6.42 Å². The zero-order valence-electron chi connectivity index (χ0n) is 14.2. The average Bonchev–Trinajstić information content (AvgIpc) is 2.41. The van der Waals surface area contributed by atoms with Gasteiger partial charge in [0.1, 0.15) is 5.69 Å². The van der Waals surface area contributed by atoms with Crippen molar-refractivity contribution in [3.05, 3.63) is 21.6 Å². The molecule has 0 radical (unpaired) electrons. The van der Waals surface area contributed by atoms with Gasteiger partial charge in [0.05, 0.1) is 0 Å². The first-order chi connectivity index (χ1) is 10.1. The van der Waals surface area contributed by atoms with E-state index in [0.29, 0.717) is 0 Å². The van der Waals surface area contributed by atoms with Gasteiger partial charge in [-0.15, -0.1) is 0 Å². The third kappa shape index (κ3) is 7.56. The Balaban J connectivity index is 0.000000626. The van der Waals surface area contributed by atoms with E-state index in [4.69, 9.17) is 16.3 Å². The molecule has 22 heavy (non-hydrogen) atoms. The highest BCUT2D eigenvalue weighted by molar-refractivity contribution is 6.29. The summed E-state index contributed by atoms with van der Waals surface area (Å²) in [5, 5.41) is 6.42.